The summed E-state index contributed by atoms with van der Waals surface area (Å²) in [6.07, 6.45) is 5.56. The fourth-order valence-corrected chi connectivity index (χ4v) is 8.27. The van der Waals surface area contributed by atoms with Crippen molar-refractivity contribution < 1.29 is 28.7 Å². The average Bonchev–Trinajstić information content (AvgIpc) is 3.62. The van der Waals surface area contributed by atoms with Crippen molar-refractivity contribution in [2.24, 2.45) is 23.7 Å². The van der Waals surface area contributed by atoms with Gasteiger partial charge in [-0.1, -0.05) is 79.2 Å². The van der Waals surface area contributed by atoms with E-state index in [1.165, 1.54) is 0 Å². The van der Waals surface area contributed by atoms with Gasteiger partial charge in [0.05, 0.1) is 42.7 Å². The Morgan fingerprint density at radius 1 is 0.944 bits per heavy atom. The molecule has 1 aromatic heterocycles. The molecule has 12 nitrogen and oxygen atoms in total. The van der Waals surface area contributed by atoms with Gasteiger partial charge in [0.25, 0.3) is 0 Å². The van der Waals surface area contributed by atoms with Crippen LogP contribution in [0, 0.1) is 23.7 Å². The van der Waals surface area contributed by atoms with E-state index >= 15 is 0 Å². The fourth-order valence-electron chi connectivity index (χ4n) is 8.27. The minimum atomic E-state index is -0.745. The normalized spacial score (nSPS) is 18.6. The molecule has 1 aliphatic heterocycles. The smallest absolute Gasteiger partial charge is 0.245 e. The van der Waals surface area contributed by atoms with E-state index in [9.17, 15) is 19.2 Å². The Morgan fingerprint density at radius 2 is 1.63 bits per heavy atom. The summed E-state index contributed by atoms with van der Waals surface area (Å²) in [4.78, 5) is 65.1. The summed E-state index contributed by atoms with van der Waals surface area (Å²) in [6.45, 7) is 14.8. The van der Waals surface area contributed by atoms with Crippen LogP contribution < -0.4 is 10.6 Å². The van der Waals surface area contributed by atoms with E-state index in [0.29, 0.717) is 25.9 Å². The highest BCUT2D eigenvalue weighted by Crippen LogP contribution is 2.30. The van der Waals surface area contributed by atoms with Gasteiger partial charge in [0.2, 0.25) is 23.6 Å². The van der Waals surface area contributed by atoms with Crippen molar-refractivity contribution in [1.29, 1.82) is 0 Å². The number of carbonyl (C=O) groups is 4. The van der Waals surface area contributed by atoms with Crippen LogP contribution in [0.3, 0.4) is 0 Å². The van der Waals surface area contributed by atoms with E-state index in [0.717, 1.165) is 29.2 Å². The van der Waals surface area contributed by atoms with Crippen LogP contribution >= 0.6 is 0 Å². The second-order valence-electron chi connectivity index (χ2n) is 16.0. The number of nitrogens with zero attached hydrogens (tertiary/aromatic N) is 4. The molecular weight excluding hydrogens is 684 g/mol. The number of likely N-dealkylation sites (tertiary alicyclic amines) is 1. The van der Waals surface area contributed by atoms with Crippen LogP contribution in [0.5, 0.6) is 0 Å². The zero-order valence-electron chi connectivity index (χ0n) is 34.9. The molecule has 0 radical (unpaired) electrons. The number of rotatable bonds is 20. The molecule has 12 heteroatoms. The van der Waals surface area contributed by atoms with Crippen molar-refractivity contribution in [3.63, 3.8) is 0 Å². The van der Waals surface area contributed by atoms with Gasteiger partial charge in [-0.2, -0.15) is 0 Å². The van der Waals surface area contributed by atoms with Gasteiger partial charge < -0.3 is 29.9 Å². The SMILES string of the molecule is CC[C@H](C)C([C@@H](CC(=O)N1CCC[C@H]1[C@H](OC)[C@@H](C)C(=O)NCCc1cncc2ccccc12)OC)N(C)C(=O)[C@@H](NC(=O)[C@H](C(C)C)N(C)C)C(C)C. The molecular formula is C42H68N6O6. The third-order valence-corrected chi connectivity index (χ3v) is 11.4. The summed E-state index contributed by atoms with van der Waals surface area (Å²) in [7, 11) is 8.66. The Bertz CT molecular complexity index is 1520. The highest BCUT2D eigenvalue weighted by atomic mass is 16.5. The average molecular weight is 753 g/mol. The van der Waals surface area contributed by atoms with Crippen LogP contribution in [0.15, 0.2) is 36.7 Å². The van der Waals surface area contributed by atoms with Gasteiger partial charge in [0.15, 0.2) is 0 Å². The van der Waals surface area contributed by atoms with Crippen LogP contribution in [0.25, 0.3) is 10.8 Å². The topological polar surface area (TPSA) is 133 Å². The number of fused-ring (bicyclic) bond motifs is 1. The number of methoxy groups -OCH3 is 2. The molecule has 1 fully saturated rings. The third kappa shape index (κ3) is 11.0. The molecule has 0 spiro atoms. The summed E-state index contributed by atoms with van der Waals surface area (Å²) in [5.41, 5.74) is 1.07. The lowest BCUT2D eigenvalue weighted by Gasteiger charge is -2.41. The predicted molar refractivity (Wildman–Crippen MR) is 214 cm³/mol. The molecule has 1 aliphatic rings. The Labute approximate surface area is 324 Å². The monoisotopic (exact) mass is 753 g/mol. The Kier molecular flexibility index (Phi) is 17.3. The molecule has 1 aromatic carbocycles. The van der Waals surface area contributed by atoms with Crippen LogP contribution in [0.4, 0.5) is 0 Å². The largest absolute Gasteiger partial charge is 0.379 e. The molecule has 1 unspecified atom stereocenters. The van der Waals surface area contributed by atoms with Crippen LogP contribution in [0.2, 0.25) is 0 Å². The van der Waals surface area contributed by atoms with E-state index in [2.05, 4.69) is 35.5 Å². The van der Waals surface area contributed by atoms with Gasteiger partial charge in [-0.25, -0.2) is 0 Å². The van der Waals surface area contributed by atoms with E-state index in [1.54, 1.807) is 26.2 Å². The minimum Gasteiger partial charge on any atom is -0.379 e. The van der Waals surface area contributed by atoms with E-state index in [1.807, 2.05) is 89.1 Å². The molecule has 0 bridgehead atoms. The lowest BCUT2D eigenvalue weighted by molar-refractivity contribution is -0.148. The number of pyridine rings is 1. The van der Waals surface area contributed by atoms with Gasteiger partial charge in [-0.15, -0.1) is 0 Å². The second-order valence-corrected chi connectivity index (χ2v) is 16.0. The van der Waals surface area contributed by atoms with Crippen molar-refractivity contribution in [3.8, 4) is 0 Å². The first kappa shape index (κ1) is 44.8. The number of nitrogens with one attached hydrogen (secondary N) is 2. The summed E-state index contributed by atoms with van der Waals surface area (Å²) in [5.74, 6) is -1.24. The quantitative estimate of drug-likeness (QED) is 0.202. The van der Waals surface area contributed by atoms with E-state index in [-0.39, 0.29) is 59.9 Å². The number of benzene rings is 1. The first-order valence-electron chi connectivity index (χ1n) is 19.8. The fraction of sp³-hybridized carbons (Fsp3) is 0.690. The van der Waals surface area contributed by atoms with E-state index < -0.39 is 30.2 Å². The van der Waals surface area contributed by atoms with Gasteiger partial charge in [-0.05, 0) is 62.1 Å². The standard InChI is InChI=1S/C42H68N6O6/c1-13-28(6)38(47(10)42(52)36(26(2)3)45-41(51)37(27(4)5)46(8)9)34(53-11)23-35(49)48-22-16-19-33(48)39(54-12)29(7)40(50)44-21-20-31-25-43-24-30-17-14-15-18-32(30)31/h14-15,17-18,24-29,33-34,36-39H,13,16,19-23H2,1-12H3,(H,44,50)(H,45,51)/t28-,29+,33-,34+,36-,37-,38?,39+/m0/s1. The molecule has 2 heterocycles. The summed E-state index contributed by atoms with van der Waals surface area (Å²) in [6, 6.07) is 6.24. The molecule has 3 rings (SSSR count). The van der Waals surface area contributed by atoms with Crippen molar-refractivity contribution in [2.75, 3.05) is 48.5 Å². The molecule has 0 aliphatic carbocycles. The number of hydrogen-bond acceptors (Lipinski definition) is 8. The molecule has 4 amide bonds. The van der Waals surface area contributed by atoms with Gasteiger partial charge in [0, 0.05) is 52.1 Å². The molecule has 302 valence electrons. The summed E-state index contributed by atoms with van der Waals surface area (Å²) < 4.78 is 12.0. The lowest BCUT2D eigenvalue weighted by Crippen LogP contribution is -2.59. The third-order valence-electron chi connectivity index (χ3n) is 11.4. The molecule has 2 aromatic rings. The number of likely N-dealkylation sites (N-methyl/N-ethyl adjacent to an activating group) is 2. The van der Waals surface area contributed by atoms with Crippen molar-refractivity contribution in [2.45, 2.75) is 117 Å². The lowest BCUT2D eigenvalue weighted by atomic mass is 9.89. The number of ether oxygens (including phenoxy) is 2. The molecule has 2 N–H and O–H groups in total. The highest BCUT2D eigenvalue weighted by Gasteiger charge is 2.43. The van der Waals surface area contributed by atoms with Gasteiger partial charge in [0.1, 0.15) is 6.04 Å². The van der Waals surface area contributed by atoms with Crippen LogP contribution in [0.1, 0.15) is 79.7 Å². The predicted octanol–water partition coefficient (Wildman–Crippen LogP) is 4.54. The molecule has 54 heavy (non-hydrogen) atoms. The van der Waals surface area contributed by atoms with Crippen molar-refractivity contribution >= 4 is 34.4 Å². The summed E-state index contributed by atoms with van der Waals surface area (Å²) in [5, 5.41) is 8.32. The molecule has 0 saturated carbocycles. The Balaban J connectivity index is 1.73. The maximum Gasteiger partial charge on any atom is 0.245 e. The number of aromatic nitrogens is 1. The molecule has 8 atom stereocenters. The second kappa shape index (κ2) is 20.9. The zero-order chi connectivity index (χ0) is 40.3. The van der Waals surface area contributed by atoms with Gasteiger partial charge >= 0.3 is 0 Å². The Hall–Kier alpha value is -3.61. The van der Waals surface area contributed by atoms with Crippen molar-refractivity contribution in [1.82, 2.24) is 30.3 Å². The highest BCUT2D eigenvalue weighted by molar-refractivity contribution is 5.90. The van der Waals surface area contributed by atoms with Crippen molar-refractivity contribution in [3.05, 3.63) is 42.2 Å². The van der Waals surface area contributed by atoms with Gasteiger partial charge in [-0.3, -0.25) is 29.1 Å². The maximum atomic E-state index is 14.2. The number of hydrogen-bond donors (Lipinski definition) is 2. The summed E-state index contributed by atoms with van der Waals surface area (Å²) >= 11 is 0. The first-order valence-corrected chi connectivity index (χ1v) is 19.8. The first-order chi connectivity index (χ1) is 25.6. The van der Waals surface area contributed by atoms with E-state index in [4.69, 9.17) is 9.47 Å². The van der Waals surface area contributed by atoms with Crippen LogP contribution in [-0.4, -0.2) is 128 Å². The molecule has 1 saturated heterocycles. The number of carbonyl (C=O) groups excluding carboxylic acids is 4. The zero-order valence-corrected chi connectivity index (χ0v) is 34.9. The maximum absolute atomic E-state index is 14.2. The Morgan fingerprint density at radius 3 is 2.22 bits per heavy atom. The number of amides is 4. The van der Waals surface area contributed by atoms with Crippen LogP contribution in [-0.2, 0) is 35.1 Å². The minimum absolute atomic E-state index is 0.000116.